The third-order valence-electron chi connectivity index (χ3n) is 5.02. The maximum Gasteiger partial charge on any atom is 0.253 e. The molecule has 140 valence electrons. The quantitative estimate of drug-likeness (QED) is 0.553. The van der Waals surface area contributed by atoms with Gasteiger partial charge in [-0.1, -0.05) is 11.6 Å². The topological polar surface area (TPSA) is 98.2 Å². The summed E-state index contributed by atoms with van der Waals surface area (Å²) in [5, 5.41) is 23.4. The number of nitrogens with one attached hydrogen (secondary N) is 2. The Hall–Kier alpha value is -2.57. The number of imidazole rings is 1. The molecule has 7 heteroatoms. The Bertz CT molecular complexity index is 976. The van der Waals surface area contributed by atoms with Crippen LogP contribution in [0.15, 0.2) is 36.4 Å². The first-order valence-electron chi connectivity index (χ1n) is 8.98. The van der Waals surface area contributed by atoms with Crippen LogP contribution >= 0.6 is 11.6 Å². The van der Waals surface area contributed by atoms with Gasteiger partial charge in [0.15, 0.2) is 0 Å². The highest BCUT2D eigenvalue weighted by atomic mass is 35.5. The van der Waals surface area contributed by atoms with E-state index in [1.807, 2.05) is 12.1 Å². The highest BCUT2D eigenvalue weighted by Crippen LogP contribution is 2.30. The third-order valence-corrected chi connectivity index (χ3v) is 5.27. The van der Waals surface area contributed by atoms with Crippen molar-refractivity contribution in [2.75, 3.05) is 0 Å². The molecule has 2 aromatic carbocycles. The Morgan fingerprint density at radius 3 is 2.52 bits per heavy atom. The second-order valence-electron chi connectivity index (χ2n) is 6.93. The summed E-state index contributed by atoms with van der Waals surface area (Å²) < 4.78 is 0. The van der Waals surface area contributed by atoms with Gasteiger partial charge in [-0.15, -0.1) is 0 Å². The Kier molecular flexibility index (Phi) is 4.76. The molecule has 0 saturated heterocycles. The van der Waals surface area contributed by atoms with E-state index < -0.39 is 0 Å². The van der Waals surface area contributed by atoms with Gasteiger partial charge in [0.1, 0.15) is 22.6 Å². The number of fused-ring (bicyclic) bond motifs is 1. The van der Waals surface area contributed by atoms with Gasteiger partial charge in [0, 0.05) is 16.6 Å². The first-order chi connectivity index (χ1) is 13.0. The minimum absolute atomic E-state index is 0.0371. The van der Waals surface area contributed by atoms with Crippen LogP contribution in [-0.4, -0.2) is 38.2 Å². The molecule has 1 aliphatic rings. The van der Waals surface area contributed by atoms with Crippen LogP contribution in [-0.2, 0) is 0 Å². The molecule has 4 N–H and O–H groups in total. The number of hydrogen-bond acceptors (Lipinski definition) is 4. The molecule has 6 nitrogen and oxygen atoms in total. The molecule has 0 unspecified atom stereocenters. The fourth-order valence-electron chi connectivity index (χ4n) is 3.49. The lowest BCUT2D eigenvalue weighted by Crippen LogP contribution is -2.38. The molecule has 1 heterocycles. The van der Waals surface area contributed by atoms with Gasteiger partial charge in [-0.25, -0.2) is 4.98 Å². The van der Waals surface area contributed by atoms with Crippen LogP contribution in [0.5, 0.6) is 5.75 Å². The molecule has 0 atom stereocenters. The van der Waals surface area contributed by atoms with E-state index in [1.165, 1.54) is 6.07 Å². The average Bonchev–Trinajstić information content (AvgIpc) is 3.10. The molecule has 0 bridgehead atoms. The molecule has 1 aromatic heterocycles. The number of aromatic amines is 1. The lowest BCUT2D eigenvalue weighted by atomic mass is 9.93. The first-order valence-corrected chi connectivity index (χ1v) is 9.35. The van der Waals surface area contributed by atoms with Crippen molar-refractivity contribution in [3.8, 4) is 17.1 Å². The number of rotatable bonds is 3. The van der Waals surface area contributed by atoms with Crippen LogP contribution in [0.1, 0.15) is 36.0 Å². The molecule has 1 aliphatic carbocycles. The number of aromatic hydroxyl groups is 1. The number of nitrogens with zero attached hydrogens (tertiary/aromatic N) is 1. The second kappa shape index (κ2) is 7.21. The Morgan fingerprint density at radius 2 is 1.81 bits per heavy atom. The van der Waals surface area contributed by atoms with Crippen molar-refractivity contribution in [2.24, 2.45) is 0 Å². The zero-order valence-corrected chi connectivity index (χ0v) is 15.3. The number of aliphatic hydroxyl groups excluding tert-OH is 1. The number of aliphatic hydroxyl groups is 1. The summed E-state index contributed by atoms with van der Waals surface area (Å²) in [4.78, 5) is 20.4. The molecule has 0 aliphatic heterocycles. The van der Waals surface area contributed by atoms with Crippen molar-refractivity contribution in [1.82, 2.24) is 15.3 Å². The minimum Gasteiger partial charge on any atom is -0.506 e. The monoisotopic (exact) mass is 385 g/mol. The number of hydrogen-bond donors (Lipinski definition) is 4. The van der Waals surface area contributed by atoms with Gasteiger partial charge in [-0.3, -0.25) is 4.79 Å². The molecule has 27 heavy (non-hydrogen) atoms. The summed E-state index contributed by atoms with van der Waals surface area (Å²) in [7, 11) is 0. The van der Waals surface area contributed by atoms with E-state index in [2.05, 4.69) is 15.3 Å². The maximum atomic E-state index is 12.8. The van der Waals surface area contributed by atoms with E-state index >= 15 is 0 Å². The van der Waals surface area contributed by atoms with E-state index in [9.17, 15) is 15.0 Å². The molecule has 3 aromatic rings. The number of H-pyrrole nitrogens is 1. The Morgan fingerprint density at radius 1 is 1.11 bits per heavy atom. The van der Waals surface area contributed by atoms with Crippen LogP contribution in [0.3, 0.4) is 0 Å². The summed E-state index contributed by atoms with van der Waals surface area (Å²) >= 11 is 5.93. The predicted molar refractivity (Wildman–Crippen MR) is 104 cm³/mol. The van der Waals surface area contributed by atoms with Crippen LogP contribution in [0.25, 0.3) is 22.4 Å². The highest BCUT2D eigenvalue weighted by Gasteiger charge is 2.23. The molecular formula is C20H20ClN3O3. The first kappa shape index (κ1) is 17.8. The lowest BCUT2D eigenvalue weighted by Gasteiger charge is -2.26. The van der Waals surface area contributed by atoms with Gasteiger partial charge in [0.2, 0.25) is 0 Å². The molecule has 0 spiro atoms. The van der Waals surface area contributed by atoms with E-state index in [1.54, 1.807) is 18.2 Å². The van der Waals surface area contributed by atoms with Crippen LogP contribution in [0.2, 0.25) is 5.02 Å². The van der Waals surface area contributed by atoms with Gasteiger partial charge in [-0.05, 0) is 62.1 Å². The van der Waals surface area contributed by atoms with E-state index in [0.29, 0.717) is 40.3 Å². The summed E-state index contributed by atoms with van der Waals surface area (Å²) in [6.07, 6.45) is 2.62. The number of phenolic OH excluding ortho intramolecular Hbond substituents is 1. The number of phenols is 1. The van der Waals surface area contributed by atoms with E-state index in [0.717, 1.165) is 18.4 Å². The second-order valence-corrected chi connectivity index (χ2v) is 7.36. The molecule has 4 rings (SSSR count). The summed E-state index contributed by atoms with van der Waals surface area (Å²) in [5.41, 5.74) is 2.06. The number of halogens is 1. The zero-order valence-electron chi connectivity index (χ0n) is 14.6. The standard InChI is InChI=1S/C20H20ClN3O3/c21-12-3-1-11(2-4-12)19-23-17-15(9-10-16(26)18(17)24-19)20(27)22-13-5-7-14(25)8-6-13/h1-4,9-10,13-14,25-26H,5-8H2,(H,22,27)(H,23,24). The zero-order chi connectivity index (χ0) is 19.0. The summed E-state index contributed by atoms with van der Waals surface area (Å²) in [6, 6.07) is 10.3. The molecule has 0 radical (unpaired) electrons. The third kappa shape index (κ3) is 3.63. The molecule has 1 amide bonds. The van der Waals surface area contributed by atoms with Gasteiger partial charge in [0.25, 0.3) is 5.91 Å². The SMILES string of the molecule is O=C(NC1CCC(O)CC1)c1ccc(O)c2[nH]c(-c3ccc(Cl)cc3)nc12. The van der Waals surface area contributed by atoms with Crippen molar-refractivity contribution < 1.29 is 15.0 Å². The average molecular weight is 386 g/mol. The fraction of sp³-hybridized carbons (Fsp3) is 0.300. The van der Waals surface area contributed by atoms with Crippen molar-refractivity contribution >= 4 is 28.5 Å². The van der Waals surface area contributed by atoms with Gasteiger partial charge < -0.3 is 20.5 Å². The van der Waals surface area contributed by atoms with Gasteiger partial charge >= 0.3 is 0 Å². The number of benzene rings is 2. The summed E-state index contributed by atoms with van der Waals surface area (Å²) in [5.74, 6) is 0.364. The molecule has 1 saturated carbocycles. The van der Waals surface area contributed by atoms with Gasteiger partial charge in [0.05, 0.1) is 11.7 Å². The number of amides is 1. The lowest BCUT2D eigenvalue weighted by molar-refractivity contribution is 0.0869. The Balaban J connectivity index is 1.65. The predicted octanol–water partition coefficient (Wildman–Crippen LogP) is 3.62. The number of carbonyl (C=O) groups is 1. The van der Waals surface area contributed by atoms with E-state index in [4.69, 9.17) is 11.6 Å². The van der Waals surface area contributed by atoms with Crippen LogP contribution in [0.4, 0.5) is 0 Å². The fourth-order valence-corrected chi connectivity index (χ4v) is 3.62. The maximum absolute atomic E-state index is 12.8. The van der Waals surface area contributed by atoms with E-state index in [-0.39, 0.29) is 23.8 Å². The number of carbonyl (C=O) groups excluding carboxylic acids is 1. The number of aromatic nitrogens is 2. The van der Waals surface area contributed by atoms with Crippen LogP contribution < -0.4 is 5.32 Å². The van der Waals surface area contributed by atoms with Gasteiger partial charge in [-0.2, -0.15) is 0 Å². The van der Waals surface area contributed by atoms with Crippen molar-refractivity contribution in [3.63, 3.8) is 0 Å². The summed E-state index contributed by atoms with van der Waals surface area (Å²) in [6.45, 7) is 0. The molecular weight excluding hydrogens is 366 g/mol. The minimum atomic E-state index is -0.271. The smallest absolute Gasteiger partial charge is 0.253 e. The van der Waals surface area contributed by atoms with Crippen molar-refractivity contribution in [3.05, 3.63) is 47.0 Å². The van der Waals surface area contributed by atoms with Crippen LogP contribution in [0, 0.1) is 0 Å². The largest absolute Gasteiger partial charge is 0.506 e. The normalized spacial score (nSPS) is 19.9. The highest BCUT2D eigenvalue weighted by molar-refractivity contribution is 6.30. The van der Waals surface area contributed by atoms with Crippen molar-refractivity contribution in [2.45, 2.75) is 37.8 Å². The molecule has 1 fully saturated rings. The Labute approximate surface area is 161 Å². The van der Waals surface area contributed by atoms with Crippen molar-refractivity contribution in [1.29, 1.82) is 0 Å².